The molecule has 3 rings (SSSR count). The van der Waals surface area contributed by atoms with Gasteiger partial charge >= 0.3 is 0 Å². The van der Waals surface area contributed by atoms with Crippen molar-refractivity contribution in [2.45, 2.75) is 24.8 Å². The van der Waals surface area contributed by atoms with Crippen molar-refractivity contribution >= 4 is 33.2 Å². The lowest BCUT2D eigenvalue weighted by atomic mass is 10.2. The number of anilines is 1. The second-order valence-corrected chi connectivity index (χ2v) is 8.52. The first kappa shape index (κ1) is 20.1. The number of halogens is 1. The molecule has 0 spiro atoms. The van der Waals surface area contributed by atoms with Crippen molar-refractivity contribution in [3.8, 4) is 5.69 Å². The molecule has 0 unspecified atom stereocenters. The summed E-state index contributed by atoms with van der Waals surface area (Å²) in [5, 5.41) is 7.43. The minimum absolute atomic E-state index is 0.0951. The van der Waals surface area contributed by atoms with Crippen LogP contribution in [0.2, 0.25) is 5.02 Å². The number of benzene rings is 2. The van der Waals surface area contributed by atoms with E-state index >= 15 is 0 Å². The number of nitrogens with zero attached hydrogens (tertiary/aromatic N) is 2. The van der Waals surface area contributed by atoms with Crippen LogP contribution in [0.1, 0.15) is 24.2 Å². The molecule has 28 heavy (non-hydrogen) atoms. The van der Waals surface area contributed by atoms with Crippen molar-refractivity contribution in [2.75, 3.05) is 5.32 Å². The summed E-state index contributed by atoms with van der Waals surface area (Å²) >= 11 is 6.07. The van der Waals surface area contributed by atoms with Crippen molar-refractivity contribution in [3.63, 3.8) is 0 Å². The van der Waals surface area contributed by atoms with Crippen molar-refractivity contribution in [1.82, 2.24) is 14.5 Å². The zero-order valence-corrected chi connectivity index (χ0v) is 16.8. The predicted molar refractivity (Wildman–Crippen MR) is 108 cm³/mol. The summed E-state index contributed by atoms with van der Waals surface area (Å²) in [5.41, 5.74) is 1.46. The molecule has 3 aromatic rings. The Bertz CT molecular complexity index is 1080. The molecule has 2 aromatic carbocycles. The zero-order valence-electron chi connectivity index (χ0n) is 15.3. The predicted octanol–water partition coefficient (Wildman–Crippen LogP) is 3.46. The van der Waals surface area contributed by atoms with Gasteiger partial charge in [0.25, 0.3) is 5.91 Å². The van der Waals surface area contributed by atoms with E-state index in [9.17, 15) is 13.2 Å². The third-order valence-corrected chi connectivity index (χ3v) is 5.69. The van der Waals surface area contributed by atoms with Crippen molar-refractivity contribution in [1.29, 1.82) is 0 Å². The van der Waals surface area contributed by atoms with E-state index in [2.05, 4.69) is 15.1 Å². The second kappa shape index (κ2) is 8.14. The Labute approximate surface area is 168 Å². The summed E-state index contributed by atoms with van der Waals surface area (Å²) in [5.74, 6) is -0.392. The fourth-order valence-electron chi connectivity index (χ4n) is 2.58. The molecular formula is C19H19ClN4O3S. The first-order chi connectivity index (χ1) is 13.3. The van der Waals surface area contributed by atoms with E-state index in [0.29, 0.717) is 22.0 Å². The van der Waals surface area contributed by atoms with Crippen molar-refractivity contribution in [3.05, 3.63) is 71.5 Å². The van der Waals surface area contributed by atoms with Gasteiger partial charge in [-0.05, 0) is 62.4 Å². The van der Waals surface area contributed by atoms with E-state index in [0.717, 1.165) is 0 Å². The summed E-state index contributed by atoms with van der Waals surface area (Å²) in [6, 6.07) is 12.3. The van der Waals surface area contributed by atoms with E-state index in [1.54, 1.807) is 55.2 Å². The SMILES string of the molecule is CC(C)NS(=O)(=O)c1ccc(C(=O)Nc2cc(Cl)ccc2-n2cccn2)cc1. The zero-order chi connectivity index (χ0) is 20.3. The van der Waals surface area contributed by atoms with Crippen LogP contribution in [-0.4, -0.2) is 30.1 Å². The Balaban J connectivity index is 1.84. The fourth-order valence-corrected chi connectivity index (χ4v) is 4.00. The summed E-state index contributed by atoms with van der Waals surface area (Å²) in [7, 11) is -3.61. The largest absolute Gasteiger partial charge is 0.320 e. The van der Waals surface area contributed by atoms with Crippen LogP contribution in [0.5, 0.6) is 0 Å². The van der Waals surface area contributed by atoms with Gasteiger partial charge in [-0.1, -0.05) is 11.6 Å². The van der Waals surface area contributed by atoms with Crippen LogP contribution in [0.4, 0.5) is 5.69 Å². The molecule has 0 fully saturated rings. The van der Waals surface area contributed by atoms with Gasteiger partial charge in [-0.2, -0.15) is 5.10 Å². The Morgan fingerprint density at radius 1 is 1.14 bits per heavy atom. The number of carbonyl (C=O) groups is 1. The molecule has 0 aliphatic heterocycles. The highest BCUT2D eigenvalue weighted by Gasteiger charge is 2.17. The molecule has 146 valence electrons. The minimum atomic E-state index is -3.61. The van der Waals surface area contributed by atoms with E-state index in [1.165, 1.54) is 24.3 Å². The first-order valence-electron chi connectivity index (χ1n) is 8.49. The van der Waals surface area contributed by atoms with Crippen molar-refractivity contribution in [2.24, 2.45) is 0 Å². The highest BCUT2D eigenvalue weighted by Crippen LogP contribution is 2.25. The number of rotatable bonds is 6. The average molecular weight is 419 g/mol. The molecule has 0 saturated heterocycles. The summed E-state index contributed by atoms with van der Waals surface area (Å²) in [4.78, 5) is 12.7. The van der Waals surface area contributed by atoms with E-state index in [1.807, 2.05) is 0 Å². The van der Waals surface area contributed by atoms with E-state index in [4.69, 9.17) is 11.6 Å². The Morgan fingerprint density at radius 3 is 2.46 bits per heavy atom. The molecule has 0 saturated carbocycles. The lowest BCUT2D eigenvalue weighted by molar-refractivity contribution is 0.102. The molecule has 0 atom stereocenters. The van der Waals surface area contributed by atoms with Crippen LogP contribution in [-0.2, 0) is 10.0 Å². The number of hydrogen-bond acceptors (Lipinski definition) is 4. The molecule has 1 heterocycles. The highest BCUT2D eigenvalue weighted by atomic mass is 35.5. The molecule has 0 aliphatic carbocycles. The number of carbonyl (C=O) groups excluding carboxylic acids is 1. The quantitative estimate of drug-likeness (QED) is 0.641. The summed E-state index contributed by atoms with van der Waals surface area (Å²) in [6.07, 6.45) is 3.38. The van der Waals surface area contributed by atoms with Gasteiger partial charge in [-0.15, -0.1) is 0 Å². The van der Waals surface area contributed by atoms with Gasteiger partial charge in [0.15, 0.2) is 0 Å². The smallest absolute Gasteiger partial charge is 0.255 e. The van der Waals surface area contributed by atoms with Gasteiger partial charge in [0.1, 0.15) is 0 Å². The minimum Gasteiger partial charge on any atom is -0.320 e. The van der Waals surface area contributed by atoms with Gasteiger partial charge in [0.05, 0.1) is 16.3 Å². The maximum atomic E-state index is 12.6. The standard InChI is InChI=1S/C19H19ClN4O3S/c1-13(2)23-28(26,27)16-7-4-14(5-8-16)19(25)22-17-12-15(20)6-9-18(17)24-11-3-10-21-24/h3-13,23H,1-2H3,(H,22,25). The Morgan fingerprint density at radius 2 is 1.86 bits per heavy atom. The second-order valence-electron chi connectivity index (χ2n) is 6.37. The van der Waals surface area contributed by atoms with Crippen LogP contribution in [0.3, 0.4) is 0 Å². The summed E-state index contributed by atoms with van der Waals surface area (Å²) in [6.45, 7) is 3.48. The maximum absolute atomic E-state index is 12.6. The van der Waals surface area contributed by atoms with Gasteiger partial charge in [-0.3, -0.25) is 4.79 Å². The monoisotopic (exact) mass is 418 g/mol. The Kier molecular flexibility index (Phi) is 5.83. The molecule has 1 amide bonds. The van der Waals surface area contributed by atoms with Gasteiger partial charge in [-0.25, -0.2) is 17.8 Å². The van der Waals surface area contributed by atoms with Crippen LogP contribution >= 0.6 is 11.6 Å². The van der Waals surface area contributed by atoms with Gasteiger partial charge in [0.2, 0.25) is 10.0 Å². The molecule has 9 heteroatoms. The van der Waals surface area contributed by atoms with Crippen LogP contribution in [0.25, 0.3) is 5.69 Å². The third-order valence-electron chi connectivity index (χ3n) is 3.78. The molecule has 0 radical (unpaired) electrons. The van der Waals surface area contributed by atoms with Crippen LogP contribution in [0, 0.1) is 0 Å². The van der Waals surface area contributed by atoms with Gasteiger partial charge in [0, 0.05) is 29.0 Å². The molecule has 0 bridgehead atoms. The number of aromatic nitrogens is 2. The van der Waals surface area contributed by atoms with Crippen LogP contribution < -0.4 is 10.0 Å². The fraction of sp³-hybridized carbons (Fsp3) is 0.158. The average Bonchev–Trinajstić information content (AvgIpc) is 3.15. The van der Waals surface area contributed by atoms with Gasteiger partial charge < -0.3 is 5.32 Å². The number of hydrogen-bond donors (Lipinski definition) is 2. The lowest BCUT2D eigenvalue weighted by Gasteiger charge is -2.13. The van der Waals surface area contributed by atoms with Crippen molar-refractivity contribution < 1.29 is 13.2 Å². The molecular weight excluding hydrogens is 400 g/mol. The lowest BCUT2D eigenvalue weighted by Crippen LogP contribution is -2.30. The number of nitrogens with one attached hydrogen (secondary N) is 2. The maximum Gasteiger partial charge on any atom is 0.255 e. The number of amides is 1. The highest BCUT2D eigenvalue weighted by molar-refractivity contribution is 7.89. The Hall–Kier alpha value is -2.68. The molecule has 1 aromatic heterocycles. The first-order valence-corrected chi connectivity index (χ1v) is 10.4. The van der Waals surface area contributed by atoms with E-state index < -0.39 is 15.9 Å². The molecule has 0 aliphatic rings. The third kappa shape index (κ3) is 4.59. The molecule has 2 N–H and O–H groups in total. The normalized spacial score (nSPS) is 11.6. The summed E-state index contributed by atoms with van der Waals surface area (Å²) < 4.78 is 28.5. The number of sulfonamides is 1. The topological polar surface area (TPSA) is 93.1 Å². The molecule has 7 nitrogen and oxygen atoms in total. The van der Waals surface area contributed by atoms with Crippen LogP contribution in [0.15, 0.2) is 65.8 Å². The van der Waals surface area contributed by atoms with E-state index in [-0.39, 0.29) is 10.9 Å².